The number of rotatable bonds is 2. The highest BCUT2D eigenvalue weighted by molar-refractivity contribution is 5.74. The molecule has 1 atom stereocenters. The van der Waals surface area contributed by atoms with Crippen LogP contribution in [0.5, 0.6) is 0 Å². The maximum absolute atomic E-state index is 7.51. The molecule has 21 heavy (non-hydrogen) atoms. The zero-order valence-corrected chi connectivity index (χ0v) is 11.7. The van der Waals surface area contributed by atoms with E-state index in [2.05, 4.69) is 10.1 Å². The van der Waals surface area contributed by atoms with Crippen molar-refractivity contribution in [3.05, 3.63) is 35.7 Å². The lowest BCUT2D eigenvalue weighted by Gasteiger charge is -2.33. The third kappa shape index (κ3) is 2.87. The van der Waals surface area contributed by atoms with Gasteiger partial charge in [-0.3, -0.25) is 5.41 Å². The normalized spacial score (nSPS) is 18.7. The molecule has 3 rings (SSSR count). The van der Waals surface area contributed by atoms with Crippen LogP contribution in [-0.2, 0) is 4.74 Å². The Morgan fingerprint density at radius 1 is 1.38 bits per heavy atom. The van der Waals surface area contributed by atoms with Crippen LogP contribution in [0.4, 0.5) is 0 Å². The number of benzene rings is 1. The van der Waals surface area contributed by atoms with Crippen molar-refractivity contribution in [2.75, 3.05) is 19.7 Å². The van der Waals surface area contributed by atoms with Crippen LogP contribution in [0.2, 0.25) is 0 Å². The summed E-state index contributed by atoms with van der Waals surface area (Å²) in [6.07, 6.45) is -0.0799. The summed E-state index contributed by atoms with van der Waals surface area (Å²) >= 11 is 0. The molecule has 2 aromatic rings. The molecule has 1 aromatic carbocycles. The van der Waals surface area contributed by atoms with Crippen molar-refractivity contribution in [2.24, 2.45) is 5.73 Å². The molecule has 1 fully saturated rings. The summed E-state index contributed by atoms with van der Waals surface area (Å²) in [5.74, 6) is 1.21. The van der Waals surface area contributed by atoms with E-state index in [4.69, 9.17) is 20.4 Å². The number of morpholine rings is 1. The van der Waals surface area contributed by atoms with E-state index in [1.165, 1.54) is 0 Å². The minimum absolute atomic E-state index is 0.0799. The van der Waals surface area contributed by atoms with Crippen molar-refractivity contribution in [1.82, 2.24) is 15.0 Å². The van der Waals surface area contributed by atoms with E-state index >= 15 is 0 Å². The highest BCUT2D eigenvalue weighted by Gasteiger charge is 2.22. The van der Waals surface area contributed by atoms with Gasteiger partial charge in [-0.15, -0.1) is 0 Å². The third-order valence-corrected chi connectivity index (χ3v) is 3.48. The third-order valence-electron chi connectivity index (χ3n) is 3.48. The van der Waals surface area contributed by atoms with Gasteiger partial charge in [-0.1, -0.05) is 29.4 Å². The van der Waals surface area contributed by atoms with Gasteiger partial charge in [-0.05, 0) is 5.56 Å². The van der Waals surface area contributed by atoms with Gasteiger partial charge in [0.15, 0.2) is 5.96 Å². The molecule has 0 saturated carbocycles. The molecule has 0 bridgehead atoms. The van der Waals surface area contributed by atoms with Crippen molar-refractivity contribution in [2.45, 2.75) is 13.0 Å². The molecule has 1 saturated heterocycles. The Balaban J connectivity index is 1.76. The number of nitrogens with two attached hydrogens (primary N) is 1. The van der Waals surface area contributed by atoms with Crippen molar-refractivity contribution >= 4 is 5.96 Å². The standard InChI is InChI=1S/C14H17N5O2/c1-9-17-13(18-21-9)11-4-2-10(3-5-11)12-8-19(14(15)16)6-7-20-12/h2-5,12H,6-8H2,1H3,(H3,15,16)/t12-/m1/s1. The quantitative estimate of drug-likeness (QED) is 0.638. The van der Waals surface area contributed by atoms with Crippen LogP contribution < -0.4 is 5.73 Å². The summed E-state index contributed by atoms with van der Waals surface area (Å²) in [5.41, 5.74) is 7.48. The fraction of sp³-hybridized carbons (Fsp3) is 0.357. The topological polar surface area (TPSA) is 101 Å². The lowest BCUT2D eigenvalue weighted by molar-refractivity contribution is -0.00751. The number of aromatic nitrogens is 2. The van der Waals surface area contributed by atoms with Gasteiger partial charge in [0.1, 0.15) is 6.10 Å². The predicted octanol–water partition coefficient (Wildman–Crippen LogP) is 1.31. The fourth-order valence-corrected chi connectivity index (χ4v) is 2.33. The summed E-state index contributed by atoms with van der Waals surface area (Å²) in [6, 6.07) is 7.84. The average Bonchev–Trinajstić information content (AvgIpc) is 2.94. The monoisotopic (exact) mass is 287 g/mol. The smallest absolute Gasteiger partial charge is 0.223 e. The van der Waals surface area contributed by atoms with Crippen molar-refractivity contribution in [1.29, 1.82) is 5.41 Å². The molecule has 0 radical (unpaired) electrons. The van der Waals surface area contributed by atoms with Crippen LogP contribution in [0.1, 0.15) is 17.6 Å². The minimum atomic E-state index is -0.0799. The summed E-state index contributed by atoms with van der Waals surface area (Å²) in [6.45, 7) is 3.58. The van der Waals surface area contributed by atoms with Crippen LogP contribution >= 0.6 is 0 Å². The Morgan fingerprint density at radius 3 is 2.76 bits per heavy atom. The molecule has 7 nitrogen and oxygen atoms in total. The molecule has 1 aliphatic heterocycles. The summed E-state index contributed by atoms with van der Waals surface area (Å²) in [4.78, 5) is 6.01. The lowest BCUT2D eigenvalue weighted by Crippen LogP contribution is -2.45. The second kappa shape index (κ2) is 5.53. The van der Waals surface area contributed by atoms with E-state index < -0.39 is 0 Å². The van der Waals surface area contributed by atoms with Gasteiger partial charge < -0.3 is 19.9 Å². The van der Waals surface area contributed by atoms with Gasteiger partial charge in [0.25, 0.3) is 0 Å². The number of hydrogen-bond acceptors (Lipinski definition) is 5. The van der Waals surface area contributed by atoms with E-state index in [0.717, 1.165) is 11.1 Å². The molecule has 0 spiro atoms. The van der Waals surface area contributed by atoms with Crippen molar-refractivity contribution in [3.8, 4) is 11.4 Å². The summed E-state index contributed by atoms with van der Waals surface area (Å²) < 4.78 is 10.7. The van der Waals surface area contributed by atoms with E-state index in [1.54, 1.807) is 6.92 Å². The molecule has 2 heterocycles. The van der Waals surface area contributed by atoms with Crippen LogP contribution in [0.15, 0.2) is 28.8 Å². The van der Waals surface area contributed by atoms with Crippen LogP contribution in [0.25, 0.3) is 11.4 Å². The Labute approximate surface area is 122 Å². The number of hydrogen-bond donors (Lipinski definition) is 2. The highest BCUT2D eigenvalue weighted by Crippen LogP contribution is 2.24. The fourth-order valence-electron chi connectivity index (χ4n) is 2.33. The zero-order valence-electron chi connectivity index (χ0n) is 11.7. The molecular formula is C14H17N5O2. The van der Waals surface area contributed by atoms with E-state index in [1.807, 2.05) is 29.2 Å². The van der Waals surface area contributed by atoms with E-state index in [-0.39, 0.29) is 12.1 Å². The summed E-state index contributed by atoms with van der Waals surface area (Å²) in [5, 5.41) is 11.4. The predicted molar refractivity (Wildman–Crippen MR) is 76.7 cm³/mol. The highest BCUT2D eigenvalue weighted by atomic mass is 16.5. The van der Waals surface area contributed by atoms with Crippen molar-refractivity contribution < 1.29 is 9.26 Å². The maximum Gasteiger partial charge on any atom is 0.223 e. The van der Waals surface area contributed by atoms with Gasteiger partial charge in [-0.25, -0.2) is 0 Å². The van der Waals surface area contributed by atoms with Crippen molar-refractivity contribution in [3.63, 3.8) is 0 Å². The number of ether oxygens (including phenoxy) is 1. The van der Waals surface area contributed by atoms with Gasteiger partial charge >= 0.3 is 0 Å². The van der Waals surface area contributed by atoms with E-state index in [9.17, 15) is 0 Å². The first-order valence-electron chi connectivity index (χ1n) is 6.74. The van der Waals surface area contributed by atoms with Crippen LogP contribution in [0.3, 0.4) is 0 Å². The number of nitrogens with one attached hydrogen (secondary N) is 1. The van der Waals surface area contributed by atoms with Gasteiger partial charge in [0, 0.05) is 19.0 Å². The molecule has 0 unspecified atom stereocenters. The Morgan fingerprint density at radius 2 is 2.14 bits per heavy atom. The Kier molecular flexibility index (Phi) is 3.57. The molecular weight excluding hydrogens is 270 g/mol. The van der Waals surface area contributed by atoms with Gasteiger partial charge in [0.05, 0.1) is 13.2 Å². The van der Waals surface area contributed by atoms with E-state index in [0.29, 0.717) is 31.4 Å². The second-order valence-electron chi connectivity index (χ2n) is 4.95. The largest absolute Gasteiger partial charge is 0.370 e. The molecule has 1 aliphatic rings. The second-order valence-corrected chi connectivity index (χ2v) is 4.95. The first-order valence-corrected chi connectivity index (χ1v) is 6.74. The van der Waals surface area contributed by atoms with Gasteiger partial charge in [0.2, 0.25) is 11.7 Å². The first-order chi connectivity index (χ1) is 10.1. The summed E-state index contributed by atoms with van der Waals surface area (Å²) in [7, 11) is 0. The lowest BCUT2D eigenvalue weighted by atomic mass is 10.1. The molecule has 1 aromatic heterocycles. The van der Waals surface area contributed by atoms with Crippen LogP contribution in [-0.4, -0.2) is 40.7 Å². The molecule has 110 valence electrons. The molecule has 0 amide bonds. The average molecular weight is 287 g/mol. The SMILES string of the molecule is Cc1nc(-c2ccc([C@H]3CN(C(=N)N)CCO3)cc2)no1. The maximum atomic E-state index is 7.51. The molecule has 7 heteroatoms. The Bertz CT molecular complexity index is 637. The number of guanidine groups is 1. The number of nitrogens with zero attached hydrogens (tertiary/aromatic N) is 3. The van der Waals surface area contributed by atoms with Gasteiger partial charge in [-0.2, -0.15) is 4.98 Å². The molecule has 3 N–H and O–H groups in total. The van der Waals surface area contributed by atoms with Crippen LogP contribution in [0, 0.1) is 12.3 Å². The zero-order chi connectivity index (χ0) is 14.8. The minimum Gasteiger partial charge on any atom is -0.370 e. The molecule has 0 aliphatic carbocycles. The number of aryl methyl sites for hydroxylation is 1. The Hall–Kier alpha value is -2.41. The first kappa shape index (κ1) is 13.6.